The van der Waals surface area contributed by atoms with Gasteiger partial charge in [0.2, 0.25) is 0 Å². The third-order valence-corrected chi connectivity index (χ3v) is 3.29. The van der Waals surface area contributed by atoms with Crippen LogP contribution in [0.25, 0.3) is 0 Å². The van der Waals surface area contributed by atoms with E-state index in [1.165, 1.54) is 6.20 Å². The summed E-state index contributed by atoms with van der Waals surface area (Å²) >= 11 is 0. The van der Waals surface area contributed by atoms with E-state index >= 15 is 0 Å². The van der Waals surface area contributed by atoms with Gasteiger partial charge in [-0.15, -0.1) is 0 Å². The second kappa shape index (κ2) is 8.73. The van der Waals surface area contributed by atoms with Crippen molar-refractivity contribution in [1.29, 1.82) is 0 Å². The molecule has 0 aliphatic heterocycles. The third-order valence-electron chi connectivity index (χ3n) is 3.29. The van der Waals surface area contributed by atoms with E-state index in [-0.39, 0.29) is 5.91 Å². The van der Waals surface area contributed by atoms with E-state index < -0.39 is 0 Å². The molecule has 24 heavy (non-hydrogen) atoms. The molecular weight excluding hydrogens is 310 g/mol. The van der Waals surface area contributed by atoms with Crippen molar-refractivity contribution < 1.29 is 19.0 Å². The topological polar surface area (TPSA) is 81.7 Å². The van der Waals surface area contributed by atoms with Gasteiger partial charge in [0.25, 0.3) is 5.91 Å². The predicted molar refractivity (Wildman–Crippen MR) is 92.1 cm³/mol. The number of methoxy groups -OCH3 is 3. The van der Waals surface area contributed by atoms with Crippen LogP contribution in [0.1, 0.15) is 10.4 Å². The summed E-state index contributed by atoms with van der Waals surface area (Å²) in [7, 11) is 4.74. The number of aromatic nitrogens is 1. The largest absolute Gasteiger partial charge is 0.497 e. The minimum absolute atomic E-state index is 0.280. The van der Waals surface area contributed by atoms with Crippen LogP contribution in [0.15, 0.2) is 36.5 Å². The molecule has 2 aromatic rings. The standard InChI is InChI=1S/C17H21N3O4/c1-22-9-8-18-16-7-4-12(11-19-16)17(21)20-14-10-13(23-2)5-6-15(14)24-3/h4-7,10-11H,8-9H2,1-3H3,(H,18,19)(H,20,21). The van der Waals surface area contributed by atoms with Gasteiger partial charge in [-0.2, -0.15) is 0 Å². The van der Waals surface area contributed by atoms with Crippen LogP contribution in [-0.2, 0) is 4.74 Å². The first-order chi connectivity index (χ1) is 11.7. The average molecular weight is 331 g/mol. The van der Waals surface area contributed by atoms with Gasteiger partial charge in [-0.05, 0) is 24.3 Å². The molecule has 128 valence electrons. The normalized spacial score (nSPS) is 10.1. The third kappa shape index (κ3) is 4.60. The zero-order chi connectivity index (χ0) is 17.4. The Balaban J connectivity index is 2.06. The van der Waals surface area contributed by atoms with Gasteiger partial charge in [0.15, 0.2) is 0 Å². The van der Waals surface area contributed by atoms with Crippen molar-refractivity contribution in [2.24, 2.45) is 0 Å². The maximum atomic E-state index is 12.4. The lowest BCUT2D eigenvalue weighted by Crippen LogP contribution is -2.14. The highest BCUT2D eigenvalue weighted by Gasteiger charge is 2.11. The number of pyridine rings is 1. The Morgan fingerprint density at radius 3 is 2.58 bits per heavy atom. The van der Waals surface area contributed by atoms with Gasteiger partial charge in [-0.25, -0.2) is 4.98 Å². The molecule has 0 bridgehead atoms. The maximum absolute atomic E-state index is 12.4. The van der Waals surface area contributed by atoms with Crippen LogP contribution in [0.5, 0.6) is 11.5 Å². The number of hydrogen-bond donors (Lipinski definition) is 2. The Kier molecular flexibility index (Phi) is 6.39. The highest BCUT2D eigenvalue weighted by molar-refractivity contribution is 6.05. The molecule has 1 aromatic heterocycles. The molecule has 0 saturated heterocycles. The van der Waals surface area contributed by atoms with Gasteiger partial charge in [-0.3, -0.25) is 4.79 Å². The minimum Gasteiger partial charge on any atom is -0.497 e. The fraction of sp³-hybridized carbons (Fsp3) is 0.294. The number of hydrogen-bond acceptors (Lipinski definition) is 6. The molecule has 7 heteroatoms. The fourth-order valence-corrected chi connectivity index (χ4v) is 2.02. The van der Waals surface area contributed by atoms with Crippen molar-refractivity contribution in [3.63, 3.8) is 0 Å². The van der Waals surface area contributed by atoms with Gasteiger partial charge < -0.3 is 24.8 Å². The van der Waals surface area contributed by atoms with Gasteiger partial charge in [0.05, 0.1) is 32.1 Å². The van der Waals surface area contributed by atoms with Gasteiger partial charge in [-0.1, -0.05) is 0 Å². The molecular formula is C17H21N3O4. The summed E-state index contributed by atoms with van der Waals surface area (Å²) in [5.74, 6) is 1.58. The second-order valence-corrected chi connectivity index (χ2v) is 4.87. The van der Waals surface area contributed by atoms with Crippen molar-refractivity contribution in [2.75, 3.05) is 45.1 Å². The predicted octanol–water partition coefficient (Wildman–Crippen LogP) is 2.41. The summed E-state index contributed by atoms with van der Waals surface area (Å²) in [5, 5.41) is 5.89. The lowest BCUT2D eigenvalue weighted by Gasteiger charge is -2.12. The molecule has 7 nitrogen and oxygen atoms in total. The lowest BCUT2D eigenvalue weighted by atomic mass is 10.2. The zero-order valence-corrected chi connectivity index (χ0v) is 14.0. The number of carbonyl (C=O) groups excluding carboxylic acids is 1. The van der Waals surface area contributed by atoms with E-state index in [1.807, 2.05) is 0 Å². The SMILES string of the molecule is COCCNc1ccc(C(=O)Nc2cc(OC)ccc2OC)cn1. The van der Waals surface area contributed by atoms with Crippen molar-refractivity contribution in [3.8, 4) is 11.5 Å². The first-order valence-electron chi connectivity index (χ1n) is 7.40. The number of anilines is 2. The number of benzene rings is 1. The van der Waals surface area contributed by atoms with E-state index in [2.05, 4.69) is 15.6 Å². The molecule has 0 aliphatic rings. The number of carbonyl (C=O) groups is 1. The summed E-state index contributed by atoms with van der Waals surface area (Å²) < 4.78 is 15.4. The average Bonchev–Trinajstić information content (AvgIpc) is 2.62. The summed E-state index contributed by atoms with van der Waals surface area (Å²) in [4.78, 5) is 16.6. The van der Waals surface area contributed by atoms with Crippen LogP contribution in [0.4, 0.5) is 11.5 Å². The molecule has 0 spiro atoms. The zero-order valence-electron chi connectivity index (χ0n) is 14.0. The summed E-state index contributed by atoms with van der Waals surface area (Å²) in [6.07, 6.45) is 1.51. The highest BCUT2D eigenvalue weighted by atomic mass is 16.5. The summed E-state index contributed by atoms with van der Waals surface area (Å²) in [5.41, 5.74) is 0.973. The summed E-state index contributed by atoms with van der Waals surface area (Å²) in [6.45, 7) is 1.23. The highest BCUT2D eigenvalue weighted by Crippen LogP contribution is 2.29. The molecule has 0 aliphatic carbocycles. The van der Waals surface area contributed by atoms with Crippen molar-refractivity contribution in [2.45, 2.75) is 0 Å². The Morgan fingerprint density at radius 2 is 1.96 bits per heavy atom. The van der Waals surface area contributed by atoms with E-state index in [0.717, 1.165) is 0 Å². The van der Waals surface area contributed by atoms with E-state index in [9.17, 15) is 4.79 Å². The number of nitrogens with zero attached hydrogens (tertiary/aromatic N) is 1. The van der Waals surface area contributed by atoms with E-state index in [4.69, 9.17) is 14.2 Å². The van der Waals surface area contributed by atoms with Crippen molar-refractivity contribution >= 4 is 17.4 Å². The Bertz CT molecular complexity index is 674. The van der Waals surface area contributed by atoms with Crippen molar-refractivity contribution in [3.05, 3.63) is 42.1 Å². The lowest BCUT2D eigenvalue weighted by molar-refractivity contribution is 0.102. The Hall–Kier alpha value is -2.80. The quantitative estimate of drug-likeness (QED) is 0.723. The van der Waals surface area contributed by atoms with E-state index in [1.54, 1.807) is 51.7 Å². The maximum Gasteiger partial charge on any atom is 0.257 e. The monoisotopic (exact) mass is 331 g/mol. The van der Waals surface area contributed by atoms with Gasteiger partial charge in [0.1, 0.15) is 17.3 Å². The molecule has 0 radical (unpaired) electrons. The molecule has 0 unspecified atom stereocenters. The van der Waals surface area contributed by atoms with Crippen LogP contribution in [0.3, 0.4) is 0 Å². The molecule has 1 aromatic carbocycles. The Labute approximate surface area is 140 Å². The van der Waals surface area contributed by atoms with E-state index in [0.29, 0.717) is 41.7 Å². The van der Waals surface area contributed by atoms with Gasteiger partial charge >= 0.3 is 0 Å². The molecule has 0 fully saturated rings. The molecule has 2 N–H and O–H groups in total. The minimum atomic E-state index is -0.280. The van der Waals surface area contributed by atoms with Crippen molar-refractivity contribution in [1.82, 2.24) is 4.98 Å². The van der Waals surface area contributed by atoms with Crippen LogP contribution in [-0.4, -0.2) is 45.4 Å². The molecule has 0 saturated carbocycles. The van der Waals surface area contributed by atoms with Crippen LogP contribution in [0.2, 0.25) is 0 Å². The number of rotatable bonds is 8. The Morgan fingerprint density at radius 1 is 1.12 bits per heavy atom. The molecule has 2 rings (SSSR count). The molecule has 1 heterocycles. The second-order valence-electron chi connectivity index (χ2n) is 4.87. The first kappa shape index (κ1) is 17.6. The van der Waals surface area contributed by atoms with Crippen LogP contribution < -0.4 is 20.1 Å². The number of amides is 1. The smallest absolute Gasteiger partial charge is 0.257 e. The number of ether oxygens (including phenoxy) is 3. The summed E-state index contributed by atoms with van der Waals surface area (Å²) in [6, 6.07) is 8.63. The number of nitrogens with one attached hydrogen (secondary N) is 2. The van der Waals surface area contributed by atoms with Crippen LogP contribution >= 0.6 is 0 Å². The molecule has 1 amide bonds. The fourth-order valence-electron chi connectivity index (χ4n) is 2.02. The van der Waals surface area contributed by atoms with Crippen LogP contribution in [0, 0.1) is 0 Å². The molecule has 0 atom stereocenters. The van der Waals surface area contributed by atoms with Gasteiger partial charge in [0, 0.05) is 25.9 Å². The first-order valence-corrected chi connectivity index (χ1v) is 7.40.